The summed E-state index contributed by atoms with van der Waals surface area (Å²) in [6, 6.07) is 11.7. The third kappa shape index (κ3) is 5.79. The van der Waals surface area contributed by atoms with Gasteiger partial charge in [0.15, 0.2) is 0 Å². The third-order valence-corrected chi connectivity index (χ3v) is 5.75. The zero-order valence-electron chi connectivity index (χ0n) is 16.7. The molecule has 2 aromatic carbocycles. The fourth-order valence-electron chi connectivity index (χ4n) is 3.12. The first kappa shape index (κ1) is 21.9. The summed E-state index contributed by atoms with van der Waals surface area (Å²) in [5, 5.41) is 2.95. The van der Waals surface area contributed by atoms with Crippen LogP contribution < -0.4 is 9.62 Å². The van der Waals surface area contributed by atoms with Crippen molar-refractivity contribution >= 4 is 21.6 Å². The largest absolute Gasteiger partial charge is 0.350 e. The average Bonchev–Trinajstić information content (AvgIpc) is 2.60. The molecule has 0 radical (unpaired) electrons. The van der Waals surface area contributed by atoms with E-state index >= 15 is 0 Å². The Morgan fingerprint density at radius 2 is 1.86 bits per heavy atom. The normalized spacial score (nSPS) is 12.5. The van der Waals surface area contributed by atoms with Crippen molar-refractivity contribution in [2.75, 3.05) is 17.1 Å². The molecule has 1 amide bonds. The van der Waals surface area contributed by atoms with Crippen LogP contribution in [0.1, 0.15) is 42.5 Å². The highest BCUT2D eigenvalue weighted by molar-refractivity contribution is 7.92. The summed E-state index contributed by atoms with van der Waals surface area (Å²) in [5.41, 5.74) is 3.27. The molecule has 2 rings (SSSR count). The van der Waals surface area contributed by atoms with Crippen molar-refractivity contribution in [3.05, 3.63) is 65.0 Å². The van der Waals surface area contributed by atoms with Gasteiger partial charge in [0.05, 0.1) is 18.0 Å². The molecule has 152 valence electrons. The van der Waals surface area contributed by atoms with Crippen LogP contribution in [0.15, 0.2) is 42.5 Å². The summed E-state index contributed by atoms with van der Waals surface area (Å²) in [5.74, 6) is -0.781. The first-order chi connectivity index (χ1) is 13.1. The number of hydrogen-bond acceptors (Lipinski definition) is 3. The van der Waals surface area contributed by atoms with Crippen LogP contribution in [0.5, 0.6) is 0 Å². The summed E-state index contributed by atoms with van der Waals surface area (Å²) in [7, 11) is -3.65. The lowest BCUT2D eigenvalue weighted by molar-refractivity contribution is -0.121. The van der Waals surface area contributed by atoms with Crippen molar-refractivity contribution in [3.8, 4) is 0 Å². The van der Waals surface area contributed by atoms with Crippen LogP contribution in [0.2, 0.25) is 0 Å². The number of nitrogens with zero attached hydrogens (tertiary/aromatic N) is 1. The van der Waals surface area contributed by atoms with E-state index in [9.17, 15) is 17.6 Å². The fourth-order valence-corrected chi connectivity index (χ4v) is 4.09. The van der Waals surface area contributed by atoms with Gasteiger partial charge in [-0.25, -0.2) is 12.8 Å². The summed E-state index contributed by atoms with van der Waals surface area (Å²) in [6.07, 6.45) is 1.46. The van der Waals surface area contributed by atoms with Gasteiger partial charge in [-0.3, -0.25) is 9.10 Å². The highest BCUT2D eigenvalue weighted by Gasteiger charge is 2.21. The van der Waals surface area contributed by atoms with Gasteiger partial charge >= 0.3 is 0 Å². The molecule has 0 aliphatic heterocycles. The molecule has 0 aliphatic carbocycles. The van der Waals surface area contributed by atoms with Gasteiger partial charge in [0.2, 0.25) is 15.9 Å². The molecule has 0 aliphatic rings. The van der Waals surface area contributed by atoms with E-state index in [1.165, 1.54) is 18.2 Å². The molecule has 1 N–H and O–H groups in total. The minimum absolute atomic E-state index is 0.00541. The number of sulfonamides is 1. The Bertz CT molecular complexity index is 944. The monoisotopic (exact) mass is 406 g/mol. The lowest BCUT2D eigenvalue weighted by Crippen LogP contribution is -2.33. The number of para-hydroxylation sites is 1. The first-order valence-corrected chi connectivity index (χ1v) is 11.0. The number of rotatable bonds is 8. The number of carbonyl (C=O) groups is 1. The molecular formula is C21H27FN2O3S. The number of hydrogen-bond donors (Lipinski definition) is 1. The van der Waals surface area contributed by atoms with Crippen molar-refractivity contribution in [3.63, 3.8) is 0 Å². The number of nitrogens with one attached hydrogen (secondary N) is 1. The Balaban J connectivity index is 1.98. The molecule has 0 heterocycles. The van der Waals surface area contributed by atoms with Gasteiger partial charge in [0, 0.05) is 13.0 Å². The van der Waals surface area contributed by atoms with Crippen LogP contribution in [0, 0.1) is 19.7 Å². The van der Waals surface area contributed by atoms with Gasteiger partial charge in [0.1, 0.15) is 5.82 Å². The van der Waals surface area contributed by atoms with Gasteiger partial charge in [-0.1, -0.05) is 35.9 Å². The lowest BCUT2D eigenvalue weighted by Gasteiger charge is -2.23. The van der Waals surface area contributed by atoms with Gasteiger partial charge in [0.25, 0.3) is 0 Å². The van der Waals surface area contributed by atoms with Crippen LogP contribution in [0.3, 0.4) is 0 Å². The van der Waals surface area contributed by atoms with E-state index in [-0.39, 0.29) is 37.0 Å². The molecule has 0 bridgehead atoms. The quantitative estimate of drug-likeness (QED) is 0.724. The second-order valence-electron chi connectivity index (χ2n) is 7.04. The fraction of sp³-hybridized carbons (Fsp3) is 0.381. The van der Waals surface area contributed by atoms with E-state index in [4.69, 9.17) is 0 Å². The number of amides is 1. The SMILES string of the molecule is Cc1ccc(C)c([C@@H](C)NC(=O)CCCN(c2ccccc2F)S(C)(=O)=O)c1. The minimum Gasteiger partial charge on any atom is -0.350 e. The molecule has 0 aromatic heterocycles. The maximum Gasteiger partial charge on any atom is 0.232 e. The Labute approximate surface area is 166 Å². The minimum atomic E-state index is -3.65. The highest BCUT2D eigenvalue weighted by Crippen LogP contribution is 2.22. The summed E-state index contributed by atoms with van der Waals surface area (Å²) in [6.45, 7) is 5.95. The van der Waals surface area contributed by atoms with Gasteiger partial charge < -0.3 is 5.32 Å². The molecule has 28 heavy (non-hydrogen) atoms. The highest BCUT2D eigenvalue weighted by atomic mass is 32.2. The molecule has 7 heteroatoms. The Hall–Kier alpha value is -2.41. The number of aryl methyl sites for hydroxylation is 2. The van der Waals surface area contributed by atoms with Crippen LogP contribution in [-0.4, -0.2) is 27.1 Å². The number of halogens is 1. The number of benzene rings is 2. The molecule has 0 saturated carbocycles. The van der Waals surface area contributed by atoms with Crippen LogP contribution >= 0.6 is 0 Å². The van der Waals surface area contributed by atoms with Crippen LogP contribution in [0.25, 0.3) is 0 Å². The average molecular weight is 407 g/mol. The second-order valence-corrected chi connectivity index (χ2v) is 8.95. The lowest BCUT2D eigenvalue weighted by atomic mass is 10.00. The van der Waals surface area contributed by atoms with E-state index in [2.05, 4.69) is 5.32 Å². The predicted molar refractivity (Wildman–Crippen MR) is 110 cm³/mol. The van der Waals surface area contributed by atoms with E-state index in [1.807, 2.05) is 39.0 Å². The van der Waals surface area contributed by atoms with Crippen molar-refractivity contribution in [2.45, 2.75) is 39.7 Å². The Morgan fingerprint density at radius 3 is 2.50 bits per heavy atom. The topological polar surface area (TPSA) is 66.5 Å². The Morgan fingerprint density at radius 1 is 1.18 bits per heavy atom. The molecule has 2 aromatic rings. The zero-order valence-corrected chi connectivity index (χ0v) is 17.5. The maximum absolute atomic E-state index is 14.0. The van der Waals surface area contributed by atoms with Gasteiger partial charge in [-0.15, -0.1) is 0 Å². The smallest absolute Gasteiger partial charge is 0.232 e. The zero-order chi connectivity index (χ0) is 20.9. The van der Waals surface area contributed by atoms with Crippen molar-refractivity contribution in [2.24, 2.45) is 0 Å². The number of anilines is 1. The summed E-state index contributed by atoms with van der Waals surface area (Å²) in [4.78, 5) is 12.3. The van der Waals surface area contributed by atoms with Crippen LogP contribution in [0.4, 0.5) is 10.1 Å². The predicted octanol–water partition coefficient (Wildman–Crippen LogP) is 3.87. The molecular weight excluding hydrogens is 379 g/mol. The van der Waals surface area contributed by atoms with Gasteiger partial charge in [-0.05, 0) is 50.5 Å². The van der Waals surface area contributed by atoms with Crippen molar-refractivity contribution < 1.29 is 17.6 Å². The maximum atomic E-state index is 14.0. The molecule has 0 spiro atoms. The molecule has 0 unspecified atom stereocenters. The van der Waals surface area contributed by atoms with E-state index in [0.29, 0.717) is 0 Å². The molecule has 0 fully saturated rings. The van der Waals surface area contributed by atoms with Crippen molar-refractivity contribution in [1.29, 1.82) is 0 Å². The van der Waals surface area contributed by atoms with E-state index < -0.39 is 15.8 Å². The summed E-state index contributed by atoms with van der Waals surface area (Å²) < 4.78 is 39.1. The third-order valence-electron chi connectivity index (χ3n) is 4.57. The standard InChI is InChI=1S/C21H27FN2O3S/c1-15-11-12-16(2)18(14-15)17(3)23-21(25)10-7-13-24(28(4,26)27)20-9-6-5-8-19(20)22/h5-6,8-9,11-12,14,17H,7,10,13H2,1-4H3,(H,23,25)/t17-/m1/s1. The van der Waals surface area contributed by atoms with E-state index in [1.54, 1.807) is 6.07 Å². The molecule has 1 atom stereocenters. The number of carbonyl (C=O) groups excluding carboxylic acids is 1. The van der Waals surface area contributed by atoms with Gasteiger partial charge in [-0.2, -0.15) is 0 Å². The first-order valence-electron chi connectivity index (χ1n) is 9.18. The second kappa shape index (κ2) is 9.19. The Kier molecular flexibility index (Phi) is 7.18. The van der Waals surface area contributed by atoms with Crippen LogP contribution in [-0.2, 0) is 14.8 Å². The van der Waals surface area contributed by atoms with E-state index in [0.717, 1.165) is 27.3 Å². The molecule has 5 nitrogen and oxygen atoms in total. The molecule has 0 saturated heterocycles. The van der Waals surface area contributed by atoms with Crippen molar-refractivity contribution in [1.82, 2.24) is 5.32 Å². The summed E-state index contributed by atoms with van der Waals surface area (Å²) >= 11 is 0.